The molecule has 1 amide bonds. The number of aliphatic carboxylic acids is 1. The molecule has 7 nitrogen and oxygen atoms in total. The first-order valence-electron chi connectivity index (χ1n) is 6.26. The fraction of sp³-hybridized carbons (Fsp3) is 0.538. The van der Waals surface area contributed by atoms with E-state index < -0.39 is 29.0 Å². The molecule has 0 aliphatic rings. The van der Waals surface area contributed by atoms with Crippen LogP contribution in [0.25, 0.3) is 0 Å². The second-order valence-corrected chi connectivity index (χ2v) is 6.46. The average molecular weight is 313 g/mol. The Morgan fingerprint density at radius 1 is 1.38 bits per heavy atom. The summed E-state index contributed by atoms with van der Waals surface area (Å²) >= 11 is 1.16. The number of aromatic nitrogens is 2. The number of thioether (sulfide) groups is 1. The molecule has 1 aromatic heterocycles. The predicted octanol–water partition coefficient (Wildman–Crippen LogP) is 1.03. The molecule has 8 heteroatoms. The number of hydrogen-bond donors (Lipinski definition) is 3. The van der Waals surface area contributed by atoms with Crippen LogP contribution in [-0.2, 0) is 4.79 Å². The van der Waals surface area contributed by atoms with E-state index in [-0.39, 0.29) is 10.6 Å². The van der Waals surface area contributed by atoms with E-state index in [1.165, 1.54) is 0 Å². The van der Waals surface area contributed by atoms with Crippen LogP contribution in [0.3, 0.4) is 0 Å². The Morgan fingerprint density at radius 2 is 1.95 bits per heavy atom. The molecule has 0 radical (unpaired) electrons. The summed E-state index contributed by atoms with van der Waals surface area (Å²) in [6, 6.07) is -1.05. The molecule has 0 aliphatic carbocycles. The van der Waals surface area contributed by atoms with Crippen molar-refractivity contribution in [2.45, 2.75) is 38.8 Å². The topological polar surface area (TPSA) is 112 Å². The maximum Gasteiger partial charge on any atom is 0.346 e. The minimum absolute atomic E-state index is 0.192. The number of nitrogens with zero attached hydrogens (tertiary/aromatic N) is 1. The fourth-order valence-corrected chi connectivity index (χ4v) is 2.45. The molecule has 1 atom stereocenters. The third-order valence-corrected chi connectivity index (χ3v) is 3.58. The van der Waals surface area contributed by atoms with E-state index in [0.29, 0.717) is 5.69 Å². The van der Waals surface area contributed by atoms with Gasteiger partial charge >= 0.3 is 11.7 Å². The summed E-state index contributed by atoms with van der Waals surface area (Å²) in [5.74, 6) is -1.68. The van der Waals surface area contributed by atoms with Gasteiger partial charge in [0, 0.05) is 5.69 Å². The molecule has 0 unspecified atom stereocenters. The number of rotatable bonds is 4. The van der Waals surface area contributed by atoms with E-state index in [1.807, 2.05) is 0 Å². The van der Waals surface area contributed by atoms with Crippen molar-refractivity contribution in [1.82, 2.24) is 15.3 Å². The van der Waals surface area contributed by atoms with Crippen LogP contribution in [0.5, 0.6) is 0 Å². The van der Waals surface area contributed by atoms with Gasteiger partial charge in [-0.1, -0.05) is 20.8 Å². The van der Waals surface area contributed by atoms with Gasteiger partial charge in [0.15, 0.2) is 0 Å². The highest BCUT2D eigenvalue weighted by Gasteiger charge is 2.33. The molecule has 0 fully saturated rings. The average Bonchev–Trinajstić information content (AvgIpc) is 2.32. The van der Waals surface area contributed by atoms with Gasteiger partial charge in [-0.3, -0.25) is 4.79 Å². The molecular formula is C13H19N3O4S. The number of carbonyl (C=O) groups is 2. The molecule has 21 heavy (non-hydrogen) atoms. The SMILES string of the molecule is CSc1nc(=O)[nH]c(C)c1C(=O)N[C@H](C(=O)O)C(C)(C)C. The lowest BCUT2D eigenvalue weighted by molar-refractivity contribution is -0.142. The van der Waals surface area contributed by atoms with Gasteiger partial charge in [-0.2, -0.15) is 4.98 Å². The first kappa shape index (κ1) is 17.2. The fourth-order valence-electron chi connectivity index (χ4n) is 1.83. The molecule has 1 rings (SSSR count). The van der Waals surface area contributed by atoms with E-state index >= 15 is 0 Å². The number of nitrogens with one attached hydrogen (secondary N) is 2. The van der Waals surface area contributed by atoms with Gasteiger partial charge in [-0.15, -0.1) is 11.8 Å². The third-order valence-electron chi connectivity index (χ3n) is 2.90. The Kier molecular flexibility index (Phi) is 5.16. The Labute approximate surface area is 126 Å². The smallest absolute Gasteiger partial charge is 0.346 e. The lowest BCUT2D eigenvalue weighted by Crippen LogP contribution is -2.49. The quantitative estimate of drug-likeness (QED) is 0.565. The molecule has 0 spiro atoms. The number of aromatic amines is 1. The molecule has 0 saturated heterocycles. The summed E-state index contributed by atoms with van der Waals surface area (Å²) in [5.41, 5.74) is -0.642. The van der Waals surface area contributed by atoms with Crippen molar-refractivity contribution in [3.05, 3.63) is 21.7 Å². The number of H-pyrrole nitrogens is 1. The number of carboxylic acid groups (broad SMARTS) is 1. The lowest BCUT2D eigenvalue weighted by Gasteiger charge is -2.28. The van der Waals surface area contributed by atoms with Crippen LogP contribution in [0.2, 0.25) is 0 Å². The van der Waals surface area contributed by atoms with Crippen LogP contribution in [0, 0.1) is 12.3 Å². The third kappa shape index (κ3) is 4.07. The van der Waals surface area contributed by atoms with Gasteiger partial charge in [-0.05, 0) is 18.6 Å². The maximum atomic E-state index is 12.4. The van der Waals surface area contributed by atoms with Crippen LogP contribution in [0.1, 0.15) is 36.8 Å². The molecular weight excluding hydrogens is 294 g/mol. The normalized spacial score (nSPS) is 12.8. The summed E-state index contributed by atoms with van der Waals surface area (Å²) in [4.78, 5) is 41.2. The van der Waals surface area contributed by atoms with Crippen molar-refractivity contribution in [2.24, 2.45) is 5.41 Å². The van der Waals surface area contributed by atoms with E-state index in [4.69, 9.17) is 0 Å². The molecule has 0 saturated carbocycles. The highest BCUT2D eigenvalue weighted by Crippen LogP contribution is 2.22. The van der Waals surface area contributed by atoms with Gasteiger partial charge in [0.1, 0.15) is 11.1 Å². The molecule has 3 N–H and O–H groups in total. The number of carbonyl (C=O) groups excluding carboxylic acids is 1. The van der Waals surface area contributed by atoms with Gasteiger partial charge in [-0.25, -0.2) is 9.59 Å². The number of hydrogen-bond acceptors (Lipinski definition) is 5. The minimum atomic E-state index is -1.11. The second kappa shape index (κ2) is 6.30. The zero-order chi connectivity index (χ0) is 16.4. The Balaban J connectivity index is 3.21. The largest absolute Gasteiger partial charge is 0.480 e. The van der Waals surface area contributed by atoms with Gasteiger partial charge in [0.25, 0.3) is 5.91 Å². The molecule has 1 aromatic rings. The van der Waals surface area contributed by atoms with Crippen molar-refractivity contribution in [1.29, 1.82) is 0 Å². The molecule has 0 bridgehead atoms. The molecule has 1 heterocycles. The lowest BCUT2D eigenvalue weighted by atomic mass is 9.86. The van der Waals surface area contributed by atoms with E-state index in [1.54, 1.807) is 34.0 Å². The predicted molar refractivity (Wildman–Crippen MR) is 79.7 cm³/mol. The summed E-state index contributed by atoms with van der Waals surface area (Å²) in [5, 5.41) is 12.0. The van der Waals surface area contributed by atoms with Gasteiger partial charge < -0.3 is 15.4 Å². The van der Waals surface area contributed by atoms with Gasteiger partial charge in [0.2, 0.25) is 0 Å². The Morgan fingerprint density at radius 3 is 2.38 bits per heavy atom. The summed E-state index contributed by atoms with van der Waals surface area (Å²) < 4.78 is 0. The molecule has 0 aromatic carbocycles. The Hall–Kier alpha value is -1.83. The summed E-state index contributed by atoms with van der Waals surface area (Å²) in [6.07, 6.45) is 1.69. The zero-order valence-electron chi connectivity index (χ0n) is 12.6. The van der Waals surface area contributed by atoms with Crippen molar-refractivity contribution in [2.75, 3.05) is 6.26 Å². The van der Waals surface area contributed by atoms with Crippen molar-refractivity contribution < 1.29 is 14.7 Å². The van der Waals surface area contributed by atoms with E-state index in [2.05, 4.69) is 15.3 Å². The Bertz CT molecular complexity index is 619. The highest BCUT2D eigenvalue weighted by molar-refractivity contribution is 7.98. The minimum Gasteiger partial charge on any atom is -0.480 e. The van der Waals surface area contributed by atoms with Crippen LogP contribution in [0.4, 0.5) is 0 Å². The monoisotopic (exact) mass is 313 g/mol. The summed E-state index contributed by atoms with van der Waals surface area (Å²) in [6.45, 7) is 6.74. The second-order valence-electron chi connectivity index (χ2n) is 5.66. The number of amides is 1. The van der Waals surface area contributed by atoms with Crippen LogP contribution >= 0.6 is 11.8 Å². The molecule has 116 valence electrons. The van der Waals surface area contributed by atoms with Gasteiger partial charge in [0.05, 0.1) is 5.56 Å². The maximum absolute atomic E-state index is 12.4. The zero-order valence-corrected chi connectivity index (χ0v) is 13.4. The highest BCUT2D eigenvalue weighted by atomic mass is 32.2. The van der Waals surface area contributed by atoms with Crippen LogP contribution in [0.15, 0.2) is 9.82 Å². The van der Waals surface area contributed by atoms with Crippen molar-refractivity contribution >= 4 is 23.6 Å². The van der Waals surface area contributed by atoms with Crippen LogP contribution < -0.4 is 11.0 Å². The standard InChI is InChI=1S/C13H19N3O4S/c1-6-7(10(21-5)16-12(20)14-6)9(17)15-8(11(18)19)13(2,3)4/h8H,1-5H3,(H,15,17)(H,18,19)(H,14,16,20)/t8-/m1/s1. The van der Waals surface area contributed by atoms with Crippen LogP contribution in [-0.4, -0.2) is 39.2 Å². The number of carboxylic acids is 1. The molecule has 0 aliphatic heterocycles. The summed E-state index contributed by atoms with van der Waals surface area (Å²) in [7, 11) is 0. The van der Waals surface area contributed by atoms with E-state index in [0.717, 1.165) is 11.8 Å². The van der Waals surface area contributed by atoms with Crippen molar-refractivity contribution in [3.8, 4) is 0 Å². The van der Waals surface area contributed by atoms with E-state index in [9.17, 15) is 19.5 Å². The number of aryl methyl sites for hydroxylation is 1. The van der Waals surface area contributed by atoms with Crippen molar-refractivity contribution in [3.63, 3.8) is 0 Å². The first-order valence-corrected chi connectivity index (χ1v) is 7.49. The first-order chi connectivity index (χ1) is 9.57.